The Morgan fingerprint density at radius 1 is 1.24 bits per heavy atom. The number of hydrogen-bond donors (Lipinski definition) is 3. The molecule has 0 saturated heterocycles. The fourth-order valence-corrected chi connectivity index (χ4v) is 2.99. The molecule has 1 heterocycles. The van der Waals surface area contributed by atoms with Gasteiger partial charge in [0.15, 0.2) is 5.96 Å². The molecule has 0 amide bonds. The molecule has 1 fully saturated rings. The molecular weight excluding hydrogens is 316 g/mol. The molecule has 3 rings (SSSR count). The van der Waals surface area contributed by atoms with Gasteiger partial charge < -0.3 is 20.2 Å². The van der Waals surface area contributed by atoms with E-state index in [0.717, 1.165) is 49.4 Å². The zero-order chi connectivity index (χ0) is 17.5. The predicted octanol–water partition coefficient (Wildman–Crippen LogP) is 2.70. The third kappa shape index (κ3) is 5.06. The standard InChI is InChI=1S/C19H26N4O2/c1-2-20-19(23-15-8-10-17(24)11-9-15)21-12-16-13-25-18(22-16)14-6-4-3-5-7-14/h3-7,13,15,17,24H,2,8-12H2,1H3,(H2,20,21,23). The third-order valence-electron chi connectivity index (χ3n) is 4.35. The summed E-state index contributed by atoms with van der Waals surface area (Å²) in [7, 11) is 0. The molecule has 0 radical (unpaired) electrons. The molecule has 6 nitrogen and oxygen atoms in total. The van der Waals surface area contributed by atoms with Gasteiger partial charge in [0, 0.05) is 18.2 Å². The fourth-order valence-electron chi connectivity index (χ4n) is 2.99. The number of aliphatic hydroxyl groups is 1. The zero-order valence-electron chi connectivity index (χ0n) is 14.6. The highest BCUT2D eigenvalue weighted by molar-refractivity contribution is 5.80. The van der Waals surface area contributed by atoms with Crippen molar-refractivity contribution in [3.05, 3.63) is 42.3 Å². The van der Waals surface area contributed by atoms with Crippen LogP contribution in [-0.4, -0.2) is 34.7 Å². The molecular formula is C19H26N4O2. The molecule has 134 valence electrons. The first-order valence-corrected chi connectivity index (χ1v) is 8.97. The van der Waals surface area contributed by atoms with Crippen LogP contribution in [0.5, 0.6) is 0 Å². The second kappa shape index (κ2) is 8.67. The zero-order valence-corrected chi connectivity index (χ0v) is 14.6. The van der Waals surface area contributed by atoms with E-state index in [1.54, 1.807) is 6.26 Å². The average molecular weight is 342 g/mol. The van der Waals surface area contributed by atoms with Gasteiger partial charge >= 0.3 is 0 Å². The molecule has 0 spiro atoms. The first-order chi connectivity index (χ1) is 12.2. The Bertz CT molecular complexity index is 676. The monoisotopic (exact) mass is 342 g/mol. The van der Waals surface area contributed by atoms with Gasteiger partial charge in [-0.25, -0.2) is 9.98 Å². The number of rotatable bonds is 5. The van der Waals surface area contributed by atoms with Crippen LogP contribution in [0.3, 0.4) is 0 Å². The Kier molecular flexibility index (Phi) is 6.06. The second-order valence-electron chi connectivity index (χ2n) is 6.35. The van der Waals surface area contributed by atoms with Crippen LogP contribution in [0.1, 0.15) is 38.3 Å². The Labute approximate surface area is 148 Å². The largest absolute Gasteiger partial charge is 0.444 e. The van der Waals surface area contributed by atoms with Crippen molar-refractivity contribution in [2.45, 2.75) is 51.3 Å². The van der Waals surface area contributed by atoms with Crippen molar-refractivity contribution < 1.29 is 9.52 Å². The van der Waals surface area contributed by atoms with Crippen molar-refractivity contribution in [2.75, 3.05) is 6.54 Å². The third-order valence-corrected chi connectivity index (χ3v) is 4.35. The number of aliphatic hydroxyl groups excluding tert-OH is 1. The topological polar surface area (TPSA) is 82.7 Å². The lowest BCUT2D eigenvalue weighted by Gasteiger charge is -2.27. The van der Waals surface area contributed by atoms with Crippen LogP contribution in [-0.2, 0) is 6.54 Å². The number of oxazole rings is 1. The summed E-state index contributed by atoms with van der Waals surface area (Å²) >= 11 is 0. The quantitative estimate of drug-likeness (QED) is 0.575. The number of aromatic nitrogens is 1. The van der Waals surface area contributed by atoms with Gasteiger partial charge in [-0.2, -0.15) is 0 Å². The number of guanidine groups is 1. The molecule has 0 atom stereocenters. The number of hydrogen-bond acceptors (Lipinski definition) is 4. The van der Waals surface area contributed by atoms with Crippen LogP contribution >= 0.6 is 0 Å². The molecule has 1 aromatic carbocycles. The van der Waals surface area contributed by atoms with E-state index in [0.29, 0.717) is 18.5 Å². The number of benzene rings is 1. The van der Waals surface area contributed by atoms with E-state index in [-0.39, 0.29) is 6.10 Å². The van der Waals surface area contributed by atoms with Crippen molar-refractivity contribution >= 4 is 5.96 Å². The summed E-state index contributed by atoms with van der Waals surface area (Å²) in [6.07, 6.45) is 5.14. The molecule has 6 heteroatoms. The van der Waals surface area contributed by atoms with Gasteiger partial charge in [-0.3, -0.25) is 0 Å². The average Bonchev–Trinajstić information content (AvgIpc) is 3.12. The van der Waals surface area contributed by atoms with E-state index in [4.69, 9.17) is 4.42 Å². The molecule has 3 N–H and O–H groups in total. The van der Waals surface area contributed by atoms with Gasteiger partial charge in [0.25, 0.3) is 0 Å². The van der Waals surface area contributed by atoms with Crippen LogP contribution in [0, 0.1) is 0 Å². The van der Waals surface area contributed by atoms with E-state index in [1.165, 1.54) is 0 Å². The molecule has 0 aliphatic heterocycles. The summed E-state index contributed by atoms with van der Waals surface area (Å²) in [4.78, 5) is 9.12. The minimum atomic E-state index is -0.149. The van der Waals surface area contributed by atoms with Gasteiger partial charge in [0.1, 0.15) is 12.0 Å². The lowest BCUT2D eigenvalue weighted by molar-refractivity contribution is 0.120. The fraction of sp³-hybridized carbons (Fsp3) is 0.474. The van der Waals surface area contributed by atoms with Gasteiger partial charge in [0.05, 0.1) is 12.6 Å². The Hall–Kier alpha value is -2.34. The second-order valence-corrected chi connectivity index (χ2v) is 6.35. The smallest absolute Gasteiger partial charge is 0.226 e. The normalized spacial score (nSPS) is 21.1. The summed E-state index contributed by atoms with van der Waals surface area (Å²) < 4.78 is 5.56. The summed E-state index contributed by atoms with van der Waals surface area (Å²) in [5, 5.41) is 16.3. The van der Waals surface area contributed by atoms with Gasteiger partial charge in [-0.15, -0.1) is 0 Å². The minimum absolute atomic E-state index is 0.149. The van der Waals surface area contributed by atoms with Crippen LogP contribution in [0.2, 0.25) is 0 Å². The van der Waals surface area contributed by atoms with E-state index in [1.807, 2.05) is 37.3 Å². The van der Waals surface area contributed by atoms with E-state index in [9.17, 15) is 5.11 Å². The van der Waals surface area contributed by atoms with Crippen molar-refractivity contribution in [1.29, 1.82) is 0 Å². The van der Waals surface area contributed by atoms with Crippen molar-refractivity contribution in [3.63, 3.8) is 0 Å². The number of aliphatic imine (C=N–C) groups is 1. The number of nitrogens with zero attached hydrogens (tertiary/aromatic N) is 2. The molecule has 25 heavy (non-hydrogen) atoms. The lowest BCUT2D eigenvalue weighted by atomic mass is 9.93. The molecule has 2 aromatic rings. The summed E-state index contributed by atoms with van der Waals surface area (Å²) in [5.74, 6) is 1.40. The maximum atomic E-state index is 9.62. The van der Waals surface area contributed by atoms with Crippen LogP contribution in [0.4, 0.5) is 0 Å². The predicted molar refractivity (Wildman–Crippen MR) is 98.2 cm³/mol. The Morgan fingerprint density at radius 3 is 2.72 bits per heavy atom. The molecule has 1 saturated carbocycles. The van der Waals surface area contributed by atoms with Gasteiger partial charge in [0.2, 0.25) is 5.89 Å². The van der Waals surface area contributed by atoms with Crippen molar-refractivity contribution in [1.82, 2.24) is 15.6 Å². The molecule has 0 bridgehead atoms. The maximum absolute atomic E-state index is 9.62. The van der Waals surface area contributed by atoms with Crippen molar-refractivity contribution in [2.24, 2.45) is 4.99 Å². The Balaban J connectivity index is 1.60. The highest BCUT2D eigenvalue weighted by Crippen LogP contribution is 2.19. The molecule has 1 aliphatic rings. The SMILES string of the molecule is CCNC(=NCc1coc(-c2ccccc2)n1)NC1CCC(O)CC1. The Morgan fingerprint density at radius 2 is 2.00 bits per heavy atom. The number of nitrogens with one attached hydrogen (secondary N) is 2. The summed E-state index contributed by atoms with van der Waals surface area (Å²) in [6, 6.07) is 10.2. The first-order valence-electron chi connectivity index (χ1n) is 8.97. The lowest BCUT2D eigenvalue weighted by Crippen LogP contribution is -2.45. The van der Waals surface area contributed by atoms with Crippen LogP contribution < -0.4 is 10.6 Å². The summed E-state index contributed by atoms with van der Waals surface area (Å²) in [5.41, 5.74) is 1.76. The highest BCUT2D eigenvalue weighted by atomic mass is 16.3. The molecule has 1 aliphatic carbocycles. The van der Waals surface area contributed by atoms with Crippen molar-refractivity contribution in [3.8, 4) is 11.5 Å². The minimum Gasteiger partial charge on any atom is -0.444 e. The van der Waals surface area contributed by atoms with Gasteiger partial charge in [-0.1, -0.05) is 18.2 Å². The molecule has 1 aromatic heterocycles. The summed E-state index contributed by atoms with van der Waals surface area (Å²) in [6.45, 7) is 3.31. The highest BCUT2D eigenvalue weighted by Gasteiger charge is 2.20. The van der Waals surface area contributed by atoms with E-state index in [2.05, 4.69) is 20.6 Å². The van der Waals surface area contributed by atoms with E-state index < -0.39 is 0 Å². The van der Waals surface area contributed by atoms with Gasteiger partial charge in [-0.05, 0) is 44.7 Å². The first kappa shape index (κ1) is 17.5. The van der Waals surface area contributed by atoms with E-state index >= 15 is 0 Å². The maximum Gasteiger partial charge on any atom is 0.226 e. The van der Waals surface area contributed by atoms with Crippen LogP contribution in [0.25, 0.3) is 11.5 Å². The molecule has 0 unspecified atom stereocenters. The van der Waals surface area contributed by atoms with Crippen LogP contribution in [0.15, 0.2) is 46.0 Å².